The molecule has 0 aliphatic heterocycles. The predicted octanol–water partition coefficient (Wildman–Crippen LogP) is 6.63. The molecule has 0 spiro atoms. The van der Waals surface area contributed by atoms with Crippen molar-refractivity contribution >= 4 is 0 Å². The van der Waals surface area contributed by atoms with Gasteiger partial charge in [0.15, 0.2) is 0 Å². The lowest BCUT2D eigenvalue weighted by Crippen LogP contribution is -2.47. The first-order valence-corrected chi connectivity index (χ1v) is 10.7. The summed E-state index contributed by atoms with van der Waals surface area (Å²) >= 11 is 0. The number of benzene rings is 4. The molecule has 0 fully saturated rings. The van der Waals surface area contributed by atoms with E-state index < -0.39 is 0 Å². The van der Waals surface area contributed by atoms with Crippen LogP contribution in [0.1, 0.15) is 45.2 Å². The molecule has 3 aliphatic rings. The van der Waals surface area contributed by atoms with Gasteiger partial charge in [0.1, 0.15) is 0 Å². The highest BCUT2D eigenvalue weighted by Gasteiger charge is 2.58. The standard InChI is InChI=1S/C29H22/c1-3-11-21-19(9-1)17-27(21)29(28-18-20-10-2-4-12-22(20)28)25-15-7-5-13-23(25)24-14-6-8-16-26(24)29/h1-16,27-28H,17-18H2. The SMILES string of the molecule is c1ccc2c(c1)CC2C1(C2Cc3ccccc32)c2ccccc2-c2ccccc21. The molecule has 0 aromatic heterocycles. The van der Waals surface area contributed by atoms with Crippen molar-refractivity contribution in [1.29, 1.82) is 0 Å². The summed E-state index contributed by atoms with van der Waals surface area (Å²) in [4.78, 5) is 0. The maximum atomic E-state index is 2.41. The minimum absolute atomic E-state index is 0.0376. The van der Waals surface area contributed by atoms with E-state index in [4.69, 9.17) is 0 Å². The van der Waals surface area contributed by atoms with E-state index in [1.807, 2.05) is 0 Å². The van der Waals surface area contributed by atoms with Crippen LogP contribution in [0.3, 0.4) is 0 Å². The molecule has 0 heteroatoms. The molecule has 3 aliphatic carbocycles. The normalized spacial score (nSPS) is 21.8. The Balaban J connectivity index is 1.56. The highest BCUT2D eigenvalue weighted by molar-refractivity contribution is 5.84. The van der Waals surface area contributed by atoms with E-state index in [9.17, 15) is 0 Å². The molecule has 0 amide bonds. The van der Waals surface area contributed by atoms with Crippen LogP contribution in [0.5, 0.6) is 0 Å². The van der Waals surface area contributed by atoms with Crippen LogP contribution in [0, 0.1) is 0 Å². The molecule has 0 radical (unpaired) electrons. The molecule has 4 aromatic carbocycles. The number of hydrogen-bond donors (Lipinski definition) is 0. The van der Waals surface area contributed by atoms with Crippen molar-refractivity contribution < 1.29 is 0 Å². The number of rotatable bonds is 2. The molecule has 7 rings (SSSR count). The van der Waals surface area contributed by atoms with Crippen molar-refractivity contribution in [3.63, 3.8) is 0 Å². The molecule has 29 heavy (non-hydrogen) atoms. The molecule has 0 saturated carbocycles. The van der Waals surface area contributed by atoms with Gasteiger partial charge in [-0.1, -0.05) is 97.1 Å². The quantitative estimate of drug-likeness (QED) is 0.371. The fourth-order valence-electron chi connectivity index (χ4n) is 6.63. The van der Waals surface area contributed by atoms with E-state index in [0.29, 0.717) is 11.8 Å². The van der Waals surface area contributed by atoms with Crippen LogP contribution in [-0.4, -0.2) is 0 Å². The summed E-state index contributed by atoms with van der Waals surface area (Å²) in [7, 11) is 0. The van der Waals surface area contributed by atoms with Gasteiger partial charge in [-0.25, -0.2) is 0 Å². The maximum absolute atomic E-state index is 2.41. The molecule has 0 saturated heterocycles. The largest absolute Gasteiger partial charge is 0.0620 e. The van der Waals surface area contributed by atoms with Gasteiger partial charge in [-0.3, -0.25) is 0 Å². The Kier molecular flexibility index (Phi) is 2.98. The summed E-state index contributed by atoms with van der Waals surface area (Å²) in [5.74, 6) is 1.09. The van der Waals surface area contributed by atoms with Crippen LogP contribution in [-0.2, 0) is 18.3 Å². The van der Waals surface area contributed by atoms with Crippen molar-refractivity contribution in [1.82, 2.24) is 0 Å². The van der Waals surface area contributed by atoms with Gasteiger partial charge in [0.2, 0.25) is 0 Å². The van der Waals surface area contributed by atoms with Gasteiger partial charge in [-0.15, -0.1) is 0 Å². The van der Waals surface area contributed by atoms with Crippen molar-refractivity contribution in [2.24, 2.45) is 0 Å². The average molecular weight is 370 g/mol. The van der Waals surface area contributed by atoms with Crippen LogP contribution in [0.25, 0.3) is 11.1 Å². The summed E-state index contributed by atoms with van der Waals surface area (Å²) in [5.41, 5.74) is 12.2. The summed E-state index contributed by atoms with van der Waals surface area (Å²) in [6, 6.07) is 36.6. The van der Waals surface area contributed by atoms with Gasteiger partial charge in [0, 0.05) is 17.3 Å². The minimum atomic E-state index is 0.0376. The van der Waals surface area contributed by atoms with E-state index in [1.54, 1.807) is 22.3 Å². The van der Waals surface area contributed by atoms with Gasteiger partial charge in [-0.2, -0.15) is 0 Å². The van der Waals surface area contributed by atoms with Crippen LogP contribution >= 0.6 is 0 Å². The van der Waals surface area contributed by atoms with Crippen LogP contribution in [0.2, 0.25) is 0 Å². The van der Waals surface area contributed by atoms with Crippen molar-refractivity contribution in [2.75, 3.05) is 0 Å². The first kappa shape index (κ1) is 15.8. The minimum Gasteiger partial charge on any atom is -0.0620 e. The fraction of sp³-hybridized carbons (Fsp3) is 0.172. The topological polar surface area (TPSA) is 0 Å². The second-order valence-electron chi connectivity index (χ2n) is 8.87. The Morgan fingerprint density at radius 3 is 1.38 bits per heavy atom. The van der Waals surface area contributed by atoms with Gasteiger partial charge in [0.05, 0.1) is 0 Å². The smallest absolute Gasteiger partial charge is 0.0358 e. The highest BCUT2D eigenvalue weighted by Crippen LogP contribution is 2.67. The number of hydrogen-bond acceptors (Lipinski definition) is 0. The summed E-state index contributed by atoms with van der Waals surface area (Å²) in [6.07, 6.45) is 2.36. The zero-order chi connectivity index (χ0) is 19.0. The first-order valence-electron chi connectivity index (χ1n) is 10.7. The summed E-state index contributed by atoms with van der Waals surface area (Å²) < 4.78 is 0. The van der Waals surface area contributed by atoms with Gasteiger partial charge in [-0.05, 0) is 57.3 Å². The predicted molar refractivity (Wildman–Crippen MR) is 118 cm³/mol. The van der Waals surface area contributed by atoms with Crippen molar-refractivity contribution in [2.45, 2.75) is 30.1 Å². The summed E-state index contributed by atoms with van der Waals surface area (Å²) in [5, 5.41) is 0. The lowest BCUT2D eigenvalue weighted by Gasteiger charge is -2.54. The third kappa shape index (κ3) is 1.81. The van der Waals surface area contributed by atoms with Gasteiger partial charge >= 0.3 is 0 Å². The van der Waals surface area contributed by atoms with E-state index in [1.165, 1.54) is 35.1 Å². The fourth-order valence-corrected chi connectivity index (χ4v) is 6.63. The lowest BCUT2D eigenvalue weighted by atomic mass is 9.48. The first-order chi connectivity index (χ1) is 14.4. The zero-order valence-electron chi connectivity index (χ0n) is 16.3. The molecule has 138 valence electrons. The van der Waals surface area contributed by atoms with Gasteiger partial charge < -0.3 is 0 Å². The lowest BCUT2D eigenvalue weighted by molar-refractivity contribution is 0.293. The maximum Gasteiger partial charge on any atom is 0.0358 e. The summed E-state index contributed by atoms with van der Waals surface area (Å²) in [6.45, 7) is 0. The van der Waals surface area contributed by atoms with Crippen molar-refractivity contribution in [3.05, 3.63) is 130 Å². The Morgan fingerprint density at radius 2 is 0.897 bits per heavy atom. The monoisotopic (exact) mass is 370 g/mol. The molecular weight excluding hydrogens is 348 g/mol. The zero-order valence-corrected chi connectivity index (χ0v) is 16.3. The number of fused-ring (bicyclic) bond motifs is 5. The second kappa shape index (κ2) is 5.48. The Morgan fingerprint density at radius 1 is 0.483 bits per heavy atom. The van der Waals surface area contributed by atoms with Crippen LogP contribution in [0.15, 0.2) is 97.1 Å². The molecule has 0 bridgehead atoms. The molecule has 0 N–H and O–H groups in total. The highest BCUT2D eigenvalue weighted by atomic mass is 14.6. The molecule has 2 unspecified atom stereocenters. The van der Waals surface area contributed by atoms with E-state index in [0.717, 1.165) is 0 Å². The Hall–Kier alpha value is -3.12. The Labute approximate surface area is 171 Å². The molecular formula is C29H22. The second-order valence-corrected chi connectivity index (χ2v) is 8.87. The third-order valence-corrected chi connectivity index (χ3v) is 7.84. The molecule has 0 heterocycles. The van der Waals surface area contributed by atoms with Crippen molar-refractivity contribution in [3.8, 4) is 11.1 Å². The van der Waals surface area contributed by atoms with Gasteiger partial charge in [0.25, 0.3) is 0 Å². The molecule has 0 nitrogen and oxygen atoms in total. The van der Waals surface area contributed by atoms with Crippen LogP contribution < -0.4 is 0 Å². The van der Waals surface area contributed by atoms with E-state index >= 15 is 0 Å². The van der Waals surface area contributed by atoms with E-state index in [-0.39, 0.29) is 5.41 Å². The Bertz CT molecular complexity index is 1180. The third-order valence-electron chi connectivity index (χ3n) is 7.84. The average Bonchev–Trinajstić information content (AvgIpc) is 3.01. The van der Waals surface area contributed by atoms with E-state index in [2.05, 4.69) is 97.1 Å². The molecule has 2 atom stereocenters. The van der Waals surface area contributed by atoms with Crippen LogP contribution in [0.4, 0.5) is 0 Å². The molecule has 4 aromatic rings.